The van der Waals surface area contributed by atoms with Crippen LogP contribution in [0.15, 0.2) is 48.7 Å². The first kappa shape index (κ1) is 20.9. The fourth-order valence-electron chi connectivity index (χ4n) is 5.76. The van der Waals surface area contributed by atoms with Crippen LogP contribution in [0, 0.1) is 35.4 Å². The number of fused-ring (bicyclic) bond motifs is 1. The van der Waals surface area contributed by atoms with Crippen molar-refractivity contribution in [2.75, 3.05) is 0 Å². The summed E-state index contributed by atoms with van der Waals surface area (Å²) < 4.78 is 13.5. The summed E-state index contributed by atoms with van der Waals surface area (Å²) in [4.78, 5) is 16.3. The van der Waals surface area contributed by atoms with E-state index in [0.29, 0.717) is 11.8 Å². The minimum Gasteiger partial charge on any atom is -0.393 e. The second kappa shape index (κ2) is 9.22. The zero-order valence-electron chi connectivity index (χ0n) is 17.5. The maximum Gasteiger partial charge on any atom is 0.123 e. The van der Waals surface area contributed by atoms with Gasteiger partial charge in [0, 0.05) is 23.6 Å². The summed E-state index contributed by atoms with van der Waals surface area (Å²) in [5, 5.41) is 10.5. The lowest BCUT2D eigenvalue weighted by Crippen LogP contribution is -2.45. The Hall–Kier alpha value is -2.33. The van der Waals surface area contributed by atoms with Gasteiger partial charge in [-0.05, 0) is 67.4 Å². The molecule has 1 heterocycles. The van der Waals surface area contributed by atoms with Crippen LogP contribution in [0.1, 0.15) is 44.7 Å². The van der Waals surface area contributed by atoms with Crippen molar-refractivity contribution < 1.29 is 14.3 Å². The molecule has 0 amide bonds. The summed E-state index contributed by atoms with van der Waals surface area (Å²) >= 11 is 0. The molecule has 158 valence electrons. The molecule has 4 rings (SSSR count). The first-order chi connectivity index (χ1) is 14.6. The molecule has 30 heavy (non-hydrogen) atoms. The normalized spacial score (nSPS) is 30.0. The molecule has 2 saturated carbocycles. The van der Waals surface area contributed by atoms with Crippen LogP contribution in [-0.4, -0.2) is 22.5 Å². The molecule has 1 aromatic carbocycles. The van der Waals surface area contributed by atoms with Crippen LogP contribution in [-0.2, 0) is 4.79 Å². The van der Waals surface area contributed by atoms with E-state index in [1.54, 1.807) is 12.3 Å². The van der Waals surface area contributed by atoms with E-state index in [1.807, 2.05) is 31.2 Å². The maximum absolute atomic E-state index is 13.5. The van der Waals surface area contributed by atoms with Gasteiger partial charge in [0.2, 0.25) is 0 Å². The number of pyridine rings is 1. The Balaban J connectivity index is 1.57. The summed E-state index contributed by atoms with van der Waals surface area (Å²) in [6.07, 6.45) is 12.3. The molecule has 0 unspecified atom stereocenters. The van der Waals surface area contributed by atoms with Gasteiger partial charge in [0.15, 0.2) is 0 Å². The highest BCUT2D eigenvalue weighted by Crippen LogP contribution is 2.50. The van der Waals surface area contributed by atoms with Crippen LogP contribution in [0.25, 0.3) is 17.2 Å². The van der Waals surface area contributed by atoms with E-state index in [1.165, 1.54) is 37.8 Å². The zero-order valence-corrected chi connectivity index (χ0v) is 17.5. The number of allylic oxidation sites excluding steroid dienone is 1. The number of rotatable bonds is 5. The first-order valence-corrected chi connectivity index (χ1v) is 11.1. The molecule has 0 spiro atoms. The number of benzene rings is 1. The monoisotopic (exact) mass is 407 g/mol. The Kier molecular flexibility index (Phi) is 6.43. The highest BCUT2D eigenvalue weighted by molar-refractivity contribution is 5.63. The molecule has 0 aliphatic heterocycles. The van der Waals surface area contributed by atoms with Gasteiger partial charge in [-0.25, -0.2) is 4.39 Å². The quantitative estimate of drug-likeness (QED) is 0.662. The van der Waals surface area contributed by atoms with Crippen LogP contribution < -0.4 is 0 Å². The van der Waals surface area contributed by atoms with Crippen LogP contribution in [0.4, 0.5) is 4.39 Å². The number of hydrogen-bond donors (Lipinski definition) is 1. The molecule has 2 aliphatic rings. The molecule has 0 radical (unpaired) electrons. The zero-order chi connectivity index (χ0) is 21.1. The summed E-state index contributed by atoms with van der Waals surface area (Å²) in [6, 6.07) is 10.4. The van der Waals surface area contributed by atoms with Crippen LogP contribution in [0.3, 0.4) is 0 Å². The third-order valence-corrected chi connectivity index (χ3v) is 7.14. The largest absolute Gasteiger partial charge is 0.393 e. The van der Waals surface area contributed by atoms with Crippen LogP contribution >= 0.6 is 0 Å². The van der Waals surface area contributed by atoms with Crippen molar-refractivity contribution in [3.8, 4) is 11.1 Å². The molecule has 2 aromatic rings. The summed E-state index contributed by atoms with van der Waals surface area (Å²) in [5.41, 5.74) is 2.51. The number of hydrogen-bond acceptors (Lipinski definition) is 3. The molecule has 2 fully saturated rings. The van der Waals surface area contributed by atoms with E-state index in [-0.39, 0.29) is 23.6 Å². The molecule has 1 aromatic heterocycles. The average Bonchev–Trinajstić information content (AvgIpc) is 2.77. The molecule has 0 bridgehead atoms. The van der Waals surface area contributed by atoms with Gasteiger partial charge in [-0.15, -0.1) is 0 Å². The lowest BCUT2D eigenvalue weighted by atomic mass is 9.57. The highest BCUT2D eigenvalue weighted by atomic mass is 19.1. The van der Waals surface area contributed by atoms with Crippen molar-refractivity contribution in [3.63, 3.8) is 0 Å². The van der Waals surface area contributed by atoms with E-state index >= 15 is 0 Å². The summed E-state index contributed by atoms with van der Waals surface area (Å²) in [5.74, 6) is 0.903. The Morgan fingerprint density at radius 2 is 2.00 bits per heavy atom. The van der Waals surface area contributed by atoms with Gasteiger partial charge in [0.25, 0.3) is 0 Å². The number of carbonyl (C=O) groups excluding carboxylic acids is 1. The Bertz CT molecular complexity index is 892. The van der Waals surface area contributed by atoms with Crippen molar-refractivity contribution in [1.82, 2.24) is 4.98 Å². The molecular weight excluding hydrogens is 377 g/mol. The molecule has 3 nitrogen and oxygen atoms in total. The Morgan fingerprint density at radius 1 is 1.17 bits per heavy atom. The fraction of sp³-hybridized carbons (Fsp3) is 0.462. The number of aliphatic hydroxyl groups excluding tert-OH is 1. The van der Waals surface area contributed by atoms with E-state index in [4.69, 9.17) is 0 Å². The second-order valence-electron chi connectivity index (χ2n) is 8.98. The van der Waals surface area contributed by atoms with Gasteiger partial charge < -0.3 is 9.90 Å². The van der Waals surface area contributed by atoms with E-state index in [0.717, 1.165) is 29.5 Å². The second-order valence-corrected chi connectivity index (χ2v) is 8.98. The number of halogens is 1. The minimum absolute atomic E-state index is 0.0373. The summed E-state index contributed by atoms with van der Waals surface area (Å²) in [7, 11) is 0. The third-order valence-electron chi connectivity index (χ3n) is 7.14. The topological polar surface area (TPSA) is 50.2 Å². The smallest absolute Gasteiger partial charge is 0.123 e. The van der Waals surface area contributed by atoms with Crippen molar-refractivity contribution in [1.29, 1.82) is 0 Å². The molecule has 6 atom stereocenters. The number of aldehydes is 1. The van der Waals surface area contributed by atoms with Gasteiger partial charge in [-0.2, -0.15) is 0 Å². The number of aliphatic hydroxyl groups is 1. The van der Waals surface area contributed by atoms with E-state index in [9.17, 15) is 14.3 Å². The first-order valence-electron chi connectivity index (χ1n) is 11.1. The Labute approximate surface area is 178 Å². The van der Waals surface area contributed by atoms with E-state index in [2.05, 4.69) is 11.1 Å². The van der Waals surface area contributed by atoms with Crippen molar-refractivity contribution in [3.05, 3.63) is 60.2 Å². The third kappa shape index (κ3) is 4.39. The maximum atomic E-state index is 13.5. The lowest BCUT2D eigenvalue weighted by molar-refractivity contribution is -0.120. The molecule has 0 saturated heterocycles. The van der Waals surface area contributed by atoms with Gasteiger partial charge in [-0.1, -0.05) is 43.5 Å². The molecule has 4 heteroatoms. The lowest BCUT2D eigenvalue weighted by Gasteiger charge is -2.48. The van der Waals surface area contributed by atoms with Crippen molar-refractivity contribution in [2.45, 2.75) is 45.1 Å². The summed E-state index contributed by atoms with van der Waals surface area (Å²) in [6.45, 7) is 1.82. The SMILES string of the molecule is C[C@@H](O)[C@H]1[C@@H](/C=C/c2ccc(-c3cccc(F)c3)cn2)[C@@H]2CCCC[C@H]2C[C@H]1C=O. The predicted octanol–water partition coefficient (Wildman–Crippen LogP) is 5.54. The number of aromatic nitrogens is 1. The van der Waals surface area contributed by atoms with Gasteiger partial charge in [0.1, 0.15) is 12.1 Å². The minimum atomic E-state index is -0.513. The van der Waals surface area contributed by atoms with Crippen molar-refractivity contribution in [2.24, 2.45) is 29.6 Å². The standard InChI is InChI=1S/C26H30FNO2/c1-17(30)26-21(16-29)13-19-5-2-3-8-24(19)25(26)12-11-23-10-9-20(15-28-23)18-6-4-7-22(27)14-18/h4,6-7,9-12,14-17,19,21,24-26,30H,2-3,5,8,13H2,1H3/b12-11+/t17-,19+,21+,24-,25+,26-/m1/s1. The van der Waals surface area contributed by atoms with Crippen LogP contribution in [0.2, 0.25) is 0 Å². The van der Waals surface area contributed by atoms with Gasteiger partial charge in [0.05, 0.1) is 11.8 Å². The van der Waals surface area contributed by atoms with Crippen LogP contribution in [0.5, 0.6) is 0 Å². The molecule has 2 aliphatic carbocycles. The highest BCUT2D eigenvalue weighted by Gasteiger charge is 2.45. The Morgan fingerprint density at radius 3 is 2.70 bits per heavy atom. The molecule has 1 N–H and O–H groups in total. The molecular formula is C26H30FNO2. The van der Waals surface area contributed by atoms with Crippen molar-refractivity contribution >= 4 is 12.4 Å². The van der Waals surface area contributed by atoms with E-state index < -0.39 is 6.10 Å². The predicted molar refractivity (Wildman–Crippen MR) is 117 cm³/mol. The van der Waals surface area contributed by atoms with Gasteiger partial charge >= 0.3 is 0 Å². The average molecular weight is 408 g/mol. The number of carbonyl (C=O) groups is 1. The fourth-order valence-corrected chi connectivity index (χ4v) is 5.76. The van der Waals surface area contributed by atoms with Gasteiger partial charge in [-0.3, -0.25) is 4.98 Å². The number of nitrogens with zero attached hydrogens (tertiary/aromatic N) is 1.